The van der Waals surface area contributed by atoms with Gasteiger partial charge in [-0.25, -0.2) is 8.42 Å². The fraction of sp³-hybridized carbons (Fsp3) is 0.118. The van der Waals surface area contributed by atoms with E-state index in [2.05, 4.69) is 20.7 Å². The van der Waals surface area contributed by atoms with E-state index in [0.717, 1.165) is 6.07 Å². The standard InChI is InChI=1S/C17H14F2N2O4S/c1-2-10-20-26(23,24)13-7-5-6-12(11-13)16(22)21-14-8-3-4-9-15(14)25-17(18)19/h1,3-9,11,17,20H,10H2,(H,21,22). The Kier molecular flexibility index (Phi) is 6.27. The number of para-hydroxylation sites is 2. The summed E-state index contributed by atoms with van der Waals surface area (Å²) < 4.78 is 55.5. The summed E-state index contributed by atoms with van der Waals surface area (Å²) in [4.78, 5) is 12.2. The summed E-state index contributed by atoms with van der Waals surface area (Å²) in [6, 6.07) is 10.8. The summed E-state index contributed by atoms with van der Waals surface area (Å²) in [6.45, 7) is -3.25. The van der Waals surface area contributed by atoms with E-state index >= 15 is 0 Å². The number of sulfonamides is 1. The van der Waals surface area contributed by atoms with Crippen LogP contribution in [0.15, 0.2) is 53.4 Å². The van der Waals surface area contributed by atoms with Crippen molar-refractivity contribution in [3.63, 3.8) is 0 Å². The van der Waals surface area contributed by atoms with Crippen molar-refractivity contribution in [1.82, 2.24) is 4.72 Å². The first-order valence-corrected chi connectivity index (χ1v) is 8.70. The highest BCUT2D eigenvalue weighted by atomic mass is 32.2. The van der Waals surface area contributed by atoms with Crippen LogP contribution in [-0.2, 0) is 10.0 Å². The summed E-state index contributed by atoms with van der Waals surface area (Å²) in [6.07, 6.45) is 5.02. The number of anilines is 1. The van der Waals surface area contributed by atoms with Gasteiger partial charge >= 0.3 is 6.61 Å². The average molecular weight is 380 g/mol. The zero-order chi connectivity index (χ0) is 19.2. The van der Waals surface area contributed by atoms with Crippen molar-refractivity contribution < 1.29 is 26.7 Å². The van der Waals surface area contributed by atoms with Crippen molar-refractivity contribution in [2.45, 2.75) is 11.5 Å². The molecule has 0 spiro atoms. The summed E-state index contributed by atoms with van der Waals surface area (Å²) in [7, 11) is -3.87. The highest BCUT2D eigenvalue weighted by molar-refractivity contribution is 7.89. The topological polar surface area (TPSA) is 84.5 Å². The molecule has 2 rings (SSSR count). The van der Waals surface area contributed by atoms with Gasteiger partial charge in [-0.1, -0.05) is 24.1 Å². The number of hydrogen-bond donors (Lipinski definition) is 2. The number of alkyl halides is 2. The number of hydrogen-bond acceptors (Lipinski definition) is 4. The summed E-state index contributed by atoms with van der Waals surface area (Å²) in [5.74, 6) is 1.24. The summed E-state index contributed by atoms with van der Waals surface area (Å²) in [5.41, 5.74) is 0.0388. The Morgan fingerprint density at radius 2 is 1.92 bits per heavy atom. The molecule has 0 bridgehead atoms. The summed E-state index contributed by atoms with van der Waals surface area (Å²) in [5, 5.41) is 2.41. The molecular weight excluding hydrogens is 366 g/mol. The van der Waals surface area contributed by atoms with Crippen molar-refractivity contribution in [1.29, 1.82) is 0 Å². The van der Waals surface area contributed by atoms with Crippen LogP contribution < -0.4 is 14.8 Å². The van der Waals surface area contributed by atoms with Crippen molar-refractivity contribution in [3.05, 3.63) is 54.1 Å². The zero-order valence-corrected chi connectivity index (χ0v) is 14.1. The second-order valence-electron chi connectivity index (χ2n) is 4.89. The van der Waals surface area contributed by atoms with Crippen LogP contribution in [0.2, 0.25) is 0 Å². The number of benzene rings is 2. The van der Waals surface area contributed by atoms with E-state index in [1.54, 1.807) is 0 Å². The number of nitrogens with one attached hydrogen (secondary N) is 2. The van der Waals surface area contributed by atoms with Gasteiger partial charge in [-0.3, -0.25) is 4.79 Å². The monoisotopic (exact) mass is 380 g/mol. The predicted molar refractivity (Wildman–Crippen MR) is 91.5 cm³/mol. The Labute approximate surface area is 149 Å². The van der Waals surface area contributed by atoms with E-state index in [-0.39, 0.29) is 28.4 Å². The van der Waals surface area contributed by atoms with Crippen LogP contribution in [-0.4, -0.2) is 27.5 Å². The summed E-state index contributed by atoms with van der Waals surface area (Å²) >= 11 is 0. The van der Waals surface area contributed by atoms with Gasteiger partial charge in [0.1, 0.15) is 5.75 Å². The number of rotatable bonds is 7. The van der Waals surface area contributed by atoms with E-state index in [4.69, 9.17) is 6.42 Å². The van der Waals surface area contributed by atoms with Crippen LogP contribution in [0.3, 0.4) is 0 Å². The van der Waals surface area contributed by atoms with E-state index in [1.165, 1.54) is 42.5 Å². The van der Waals surface area contributed by atoms with E-state index in [0.29, 0.717) is 0 Å². The molecule has 2 aromatic rings. The minimum atomic E-state index is -3.87. The lowest BCUT2D eigenvalue weighted by Crippen LogP contribution is -2.24. The molecule has 0 heterocycles. The van der Waals surface area contributed by atoms with Gasteiger partial charge in [0.2, 0.25) is 10.0 Å². The largest absolute Gasteiger partial charge is 0.433 e. The van der Waals surface area contributed by atoms with Gasteiger partial charge in [0.15, 0.2) is 0 Å². The highest BCUT2D eigenvalue weighted by Crippen LogP contribution is 2.26. The molecule has 0 aromatic heterocycles. The van der Waals surface area contributed by atoms with Crippen molar-refractivity contribution in [3.8, 4) is 18.1 Å². The second kappa shape index (κ2) is 8.42. The Bertz CT molecular complexity index is 940. The lowest BCUT2D eigenvalue weighted by molar-refractivity contribution is -0.0493. The number of terminal acetylenes is 1. The first-order chi connectivity index (χ1) is 12.3. The molecule has 0 fully saturated rings. The molecule has 0 aliphatic heterocycles. The Morgan fingerprint density at radius 3 is 2.62 bits per heavy atom. The van der Waals surface area contributed by atoms with Crippen molar-refractivity contribution in [2.75, 3.05) is 11.9 Å². The molecule has 0 saturated heterocycles. The normalized spacial score (nSPS) is 11.0. The minimum absolute atomic E-state index is 0.0143. The van der Waals surface area contributed by atoms with Crippen LogP contribution in [0.5, 0.6) is 5.75 Å². The maximum absolute atomic E-state index is 12.4. The molecule has 9 heteroatoms. The molecule has 1 amide bonds. The zero-order valence-electron chi connectivity index (χ0n) is 13.3. The Balaban J connectivity index is 2.24. The van der Waals surface area contributed by atoms with E-state index < -0.39 is 22.5 Å². The molecule has 26 heavy (non-hydrogen) atoms. The number of amides is 1. The fourth-order valence-corrected chi connectivity index (χ4v) is 2.97. The molecule has 0 saturated carbocycles. The van der Waals surface area contributed by atoms with E-state index in [9.17, 15) is 22.0 Å². The number of carbonyl (C=O) groups excluding carboxylic acids is 1. The van der Waals surface area contributed by atoms with Crippen LogP contribution in [0, 0.1) is 12.3 Å². The Morgan fingerprint density at radius 1 is 1.19 bits per heavy atom. The lowest BCUT2D eigenvalue weighted by atomic mass is 10.2. The van der Waals surface area contributed by atoms with Gasteiger partial charge in [-0.05, 0) is 30.3 Å². The predicted octanol–water partition coefficient (Wildman–Crippen LogP) is 2.45. The van der Waals surface area contributed by atoms with Gasteiger partial charge < -0.3 is 10.1 Å². The number of carbonyl (C=O) groups is 1. The quantitative estimate of drug-likeness (QED) is 0.723. The number of halogens is 2. The van der Waals surface area contributed by atoms with Crippen molar-refractivity contribution in [2.24, 2.45) is 0 Å². The third kappa shape index (κ3) is 5.02. The maximum atomic E-state index is 12.4. The molecule has 136 valence electrons. The van der Waals surface area contributed by atoms with Crippen LogP contribution in [0.1, 0.15) is 10.4 Å². The molecule has 0 unspecified atom stereocenters. The molecule has 0 aliphatic carbocycles. The first kappa shape index (κ1) is 19.4. The molecule has 0 radical (unpaired) electrons. The molecule has 0 aliphatic rings. The third-order valence-corrected chi connectivity index (χ3v) is 4.52. The number of ether oxygens (including phenoxy) is 1. The highest BCUT2D eigenvalue weighted by Gasteiger charge is 2.17. The van der Waals surface area contributed by atoms with Gasteiger partial charge in [-0.15, -0.1) is 6.42 Å². The van der Waals surface area contributed by atoms with Gasteiger partial charge in [0, 0.05) is 5.56 Å². The SMILES string of the molecule is C#CCNS(=O)(=O)c1cccc(C(=O)Nc2ccccc2OC(F)F)c1. The first-order valence-electron chi connectivity index (χ1n) is 7.22. The molecule has 2 aromatic carbocycles. The van der Waals surface area contributed by atoms with E-state index in [1.807, 2.05) is 0 Å². The third-order valence-electron chi connectivity index (χ3n) is 3.12. The van der Waals surface area contributed by atoms with Gasteiger partial charge in [0.05, 0.1) is 17.1 Å². The smallest absolute Gasteiger partial charge is 0.387 e. The molecule has 0 atom stereocenters. The molecule has 2 N–H and O–H groups in total. The fourth-order valence-electron chi connectivity index (χ4n) is 1.99. The van der Waals surface area contributed by atoms with Crippen LogP contribution in [0.25, 0.3) is 0 Å². The molecular formula is C17H14F2N2O4S. The molecule has 6 nitrogen and oxygen atoms in total. The van der Waals surface area contributed by atoms with Crippen LogP contribution in [0.4, 0.5) is 14.5 Å². The Hall–Kier alpha value is -2.96. The minimum Gasteiger partial charge on any atom is -0.433 e. The maximum Gasteiger partial charge on any atom is 0.387 e. The van der Waals surface area contributed by atoms with Crippen LogP contribution >= 0.6 is 0 Å². The van der Waals surface area contributed by atoms with Crippen molar-refractivity contribution >= 4 is 21.6 Å². The second-order valence-corrected chi connectivity index (χ2v) is 6.65. The lowest BCUT2D eigenvalue weighted by Gasteiger charge is -2.12. The van der Waals surface area contributed by atoms with Gasteiger partial charge in [0.25, 0.3) is 5.91 Å². The van der Waals surface area contributed by atoms with Gasteiger partial charge in [-0.2, -0.15) is 13.5 Å². The average Bonchev–Trinajstić information content (AvgIpc) is 2.61.